The van der Waals surface area contributed by atoms with Gasteiger partial charge in [-0.2, -0.15) is 11.3 Å². The van der Waals surface area contributed by atoms with Crippen molar-refractivity contribution >= 4 is 28.6 Å². The minimum absolute atomic E-state index is 0.0919. The van der Waals surface area contributed by atoms with Crippen LogP contribution in [0.2, 0.25) is 0 Å². The molecule has 0 amide bonds. The molecule has 1 N–H and O–H groups in total. The van der Waals surface area contributed by atoms with E-state index in [0.29, 0.717) is 0 Å². The zero-order valence-corrected chi connectivity index (χ0v) is 12.4. The van der Waals surface area contributed by atoms with Gasteiger partial charge in [-0.15, -0.1) is 11.3 Å². The van der Waals surface area contributed by atoms with E-state index in [0.717, 1.165) is 16.3 Å². The largest absolute Gasteiger partial charge is 0.485 e. The highest BCUT2D eigenvalue weighted by Gasteiger charge is 2.13. The summed E-state index contributed by atoms with van der Waals surface area (Å²) in [5.74, 6) is -0.863. The molecular formula is C14H10N2O3S2. The number of carbonyl (C=O) groups is 1. The van der Waals surface area contributed by atoms with Crippen molar-refractivity contribution in [2.45, 2.75) is 6.61 Å². The van der Waals surface area contributed by atoms with Crippen LogP contribution in [0.15, 0.2) is 40.5 Å². The van der Waals surface area contributed by atoms with Crippen LogP contribution in [0.3, 0.4) is 0 Å². The van der Waals surface area contributed by atoms with E-state index < -0.39 is 5.97 Å². The van der Waals surface area contributed by atoms with Gasteiger partial charge in [0.1, 0.15) is 11.6 Å². The van der Waals surface area contributed by atoms with E-state index in [-0.39, 0.29) is 18.1 Å². The third-order valence-corrected chi connectivity index (χ3v) is 4.29. The molecule has 0 saturated carbocycles. The summed E-state index contributed by atoms with van der Waals surface area (Å²) in [7, 11) is 0. The van der Waals surface area contributed by atoms with Crippen molar-refractivity contribution in [2.24, 2.45) is 0 Å². The third-order valence-electron chi connectivity index (χ3n) is 2.67. The number of hydrogen-bond acceptors (Lipinski definition) is 6. The molecule has 3 rings (SSSR count). The molecule has 3 aromatic heterocycles. The Morgan fingerprint density at radius 3 is 3.00 bits per heavy atom. The smallest absolute Gasteiger partial charge is 0.358 e. The number of hydrogen-bond donors (Lipinski definition) is 1. The molecule has 0 aliphatic carbocycles. The number of thiazole rings is 1. The van der Waals surface area contributed by atoms with Crippen LogP contribution in [-0.4, -0.2) is 21.0 Å². The molecule has 0 atom stereocenters. The maximum atomic E-state index is 11.0. The molecule has 0 saturated heterocycles. The summed E-state index contributed by atoms with van der Waals surface area (Å²) in [6, 6.07) is 5.24. The fourth-order valence-corrected chi connectivity index (χ4v) is 3.23. The summed E-state index contributed by atoms with van der Waals surface area (Å²) < 4.78 is 5.52. The average molecular weight is 318 g/mol. The van der Waals surface area contributed by atoms with Crippen LogP contribution in [0, 0.1) is 0 Å². The number of rotatable bonds is 5. The Kier molecular flexibility index (Phi) is 3.94. The minimum atomic E-state index is -1.11. The van der Waals surface area contributed by atoms with E-state index in [9.17, 15) is 4.79 Å². The van der Waals surface area contributed by atoms with E-state index in [1.807, 2.05) is 22.2 Å². The fourth-order valence-electron chi connectivity index (χ4n) is 1.71. The minimum Gasteiger partial charge on any atom is -0.485 e. The first-order valence-electron chi connectivity index (χ1n) is 6.02. The van der Waals surface area contributed by atoms with Gasteiger partial charge in [0.2, 0.25) is 0 Å². The molecule has 0 radical (unpaired) electrons. The molecule has 0 spiro atoms. The van der Waals surface area contributed by atoms with Crippen molar-refractivity contribution in [1.82, 2.24) is 9.97 Å². The second kappa shape index (κ2) is 6.02. The summed E-state index contributed by atoms with van der Waals surface area (Å²) in [5.41, 5.74) is 1.76. The predicted octanol–water partition coefficient (Wildman–Crippen LogP) is 3.54. The fraction of sp³-hybridized carbons (Fsp3) is 0.0714. The molecule has 0 aliphatic rings. The normalized spacial score (nSPS) is 10.5. The highest BCUT2D eigenvalue weighted by Crippen LogP contribution is 2.26. The van der Waals surface area contributed by atoms with Crippen molar-refractivity contribution in [3.05, 3.63) is 51.9 Å². The van der Waals surface area contributed by atoms with E-state index in [2.05, 4.69) is 9.97 Å². The van der Waals surface area contributed by atoms with Gasteiger partial charge in [-0.3, -0.25) is 0 Å². The van der Waals surface area contributed by atoms with Gasteiger partial charge in [-0.25, -0.2) is 14.8 Å². The number of pyridine rings is 1. The van der Waals surface area contributed by atoms with Crippen LogP contribution in [-0.2, 0) is 6.61 Å². The first-order valence-corrected chi connectivity index (χ1v) is 7.84. The molecule has 106 valence electrons. The number of nitrogens with zero attached hydrogens (tertiary/aromatic N) is 2. The van der Waals surface area contributed by atoms with Crippen LogP contribution in [0.5, 0.6) is 5.75 Å². The monoisotopic (exact) mass is 318 g/mol. The van der Waals surface area contributed by atoms with Gasteiger partial charge in [0.15, 0.2) is 11.4 Å². The van der Waals surface area contributed by atoms with Crippen LogP contribution >= 0.6 is 22.7 Å². The van der Waals surface area contributed by atoms with Gasteiger partial charge in [-0.05, 0) is 23.6 Å². The predicted molar refractivity (Wildman–Crippen MR) is 81.0 cm³/mol. The maximum Gasteiger partial charge on any atom is 0.358 e. The Bertz CT molecular complexity index is 753. The van der Waals surface area contributed by atoms with Gasteiger partial charge in [0, 0.05) is 22.5 Å². The Morgan fingerprint density at radius 1 is 1.33 bits per heavy atom. The zero-order chi connectivity index (χ0) is 14.7. The van der Waals surface area contributed by atoms with Crippen molar-refractivity contribution < 1.29 is 14.6 Å². The zero-order valence-electron chi connectivity index (χ0n) is 10.7. The number of aromatic carboxylic acids is 1. The quantitative estimate of drug-likeness (QED) is 0.779. The summed E-state index contributed by atoms with van der Waals surface area (Å²) >= 11 is 3.16. The molecule has 0 aromatic carbocycles. The van der Waals surface area contributed by atoms with Gasteiger partial charge in [0.25, 0.3) is 0 Å². The topological polar surface area (TPSA) is 72.3 Å². The molecule has 7 heteroatoms. The summed E-state index contributed by atoms with van der Waals surface area (Å²) in [6.07, 6.45) is 1.42. The highest BCUT2D eigenvalue weighted by atomic mass is 32.1. The SMILES string of the molecule is O=C(O)c1ncccc1OCc1csc(-c2ccsc2)n1. The summed E-state index contributed by atoms with van der Waals surface area (Å²) in [6.45, 7) is 0.215. The van der Waals surface area contributed by atoms with Crippen molar-refractivity contribution in [1.29, 1.82) is 0 Å². The van der Waals surface area contributed by atoms with E-state index in [4.69, 9.17) is 9.84 Å². The van der Waals surface area contributed by atoms with Crippen LogP contribution in [0.4, 0.5) is 0 Å². The lowest BCUT2D eigenvalue weighted by atomic mass is 10.3. The van der Waals surface area contributed by atoms with Crippen LogP contribution < -0.4 is 4.74 Å². The Labute approximate surface area is 128 Å². The number of ether oxygens (including phenoxy) is 1. The molecule has 3 aromatic rings. The second-order valence-corrected chi connectivity index (χ2v) is 5.74. The van der Waals surface area contributed by atoms with Crippen molar-refractivity contribution in [3.63, 3.8) is 0 Å². The molecule has 0 unspecified atom stereocenters. The van der Waals surface area contributed by atoms with Crippen molar-refractivity contribution in [3.8, 4) is 16.3 Å². The molecule has 21 heavy (non-hydrogen) atoms. The van der Waals surface area contributed by atoms with E-state index in [1.54, 1.807) is 23.5 Å². The summed E-state index contributed by atoms with van der Waals surface area (Å²) in [4.78, 5) is 19.3. The lowest BCUT2D eigenvalue weighted by Gasteiger charge is -2.06. The van der Waals surface area contributed by atoms with Gasteiger partial charge < -0.3 is 9.84 Å². The Hall–Kier alpha value is -2.25. The van der Waals surface area contributed by atoms with Crippen LogP contribution in [0.25, 0.3) is 10.6 Å². The maximum absolute atomic E-state index is 11.0. The lowest BCUT2D eigenvalue weighted by Crippen LogP contribution is -2.05. The summed E-state index contributed by atoms with van der Waals surface area (Å²) in [5, 5.41) is 15.9. The second-order valence-electron chi connectivity index (χ2n) is 4.10. The van der Waals surface area contributed by atoms with Gasteiger partial charge in [0.05, 0.1) is 5.69 Å². The number of aromatic nitrogens is 2. The molecule has 0 bridgehead atoms. The van der Waals surface area contributed by atoms with Crippen molar-refractivity contribution in [2.75, 3.05) is 0 Å². The lowest BCUT2D eigenvalue weighted by molar-refractivity contribution is 0.0684. The number of carboxylic acids is 1. The van der Waals surface area contributed by atoms with Gasteiger partial charge in [-0.1, -0.05) is 0 Å². The average Bonchev–Trinajstić information content (AvgIpc) is 3.16. The third kappa shape index (κ3) is 3.09. The first-order chi connectivity index (χ1) is 10.2. The number of carboxylic acid groups (broad SMARTS) is 1. The highest BCUT2D eigenvalue weighted by molar-refractivity contribution is 7.14. The number of thiophene rings is 1. The Balaban J connectivity index is 1.73. The molecular weight excluding hydrogens is 308 g/mol. The molecule has 3 heterocycles. The van der Waals surface area contributed by atoms with E-state index >= 15 is 0 Å². The van der Waals surface area contributed by atoms with Gasteiger partial charge >= 0.3 is 5.97 Å². The molecule has 5 nitrogen and oxygen atoms in total. The molecule has 0 aliphatic heterocycles. The van der Waals surface area contributed by atoms with Crippen LogP contribution in [0.1, 0.15) is 16.2 Å². The molecule has 0 fully saturated rings. The standard InChI is InChI=1S/C14H10N2O3S2/c17-14(18)12-11(2-1-4-15-12)19-6-10-8-21-13(16-10)9-3-5-20-7-9/h1-5,7-8H,6H2,(H,17,18). The first kappa shape index (κ1) is 13.7. The van der Waals surface area contributed by atoms with E-state index in [1.165, 1.54) is 17.5 Å². The Morgan fingerprint density at radius 2 is 2.24 bits per heavy atom.